The second-order valence-electron chi connectivity index (χ2n) is 4.59. The first-order valence-electron chi connectivity index (χ1n) is 5.71. The molecule has 1 aromatic carbocycles. The number of hydrogen-bond donors (Lipinski definition) is 1. The predicted molar refractivity (Wildman–Crippen MR) is 67.7 cm³/mol. The Hall–Kier alpha value is -2.18. The second kappa shape index (κ2) is 6.12. The maximum absolute atomic E-state index is 13.3. The third kappa shape index (κ3) is 4.53. The lowest BCUT2D eigenvalue weighted by molar-refractivity contribution is -0.385. The summed E-state index contributed by atoms with van der Waals surface area (Å²) in [4.78, 5) is 22.2. The van der Waals surface area contributed by atoms with Crippen molar-refractivity contribution in [3.05, 3.63) is 34.1 Å². The van der Waals surface area contributed by atoms with E-state index in [4.69, 9.17) is 5.11 Å². The van der Waals surface area contributed by atoms with Crippen molar-refractivity contribution in [3.63, 3.8) is 0 Å². The summed E-state index contributed by atoms with van der Waals surface area (Å²) in [7, 11) is 0. The standard InChI is InChI=1S/C12H15FN2O4/c1-8(2)6-14(7-12(16)17)10-3-9(13)4-11(5-10)15(18)19/h3-5,8H,6-7H2,1-2H3,(H,16,17). The molecule has 0 spiro atoms. The van der Waals surface area contributed by atoms with Gasteiger partial charge >= 0.3 is 5.97 Å². The number of nitro groups is 1. The van der Waals surface area contributed by atoms with Crippen LogP contribution in [0, 0.1) is 21.8 Å². The zero-order chi connectivity index (χ0) is 14.6. The van der Waals surface area contributed by atoms with Crippen LogP contribution in [-0.4, -0.2) is 29.1 Å². The lowest BCUT2D eigenvalue weighted by Crippen LogP contribution is -2.33. The van der Waals surface area contributed by atoms with E-state index in [2.05, 4.69) is 0 Å². The summed E-state index contributed by atoms with van der Waals surface area (Å²) in [6.07, 6.45) is 0. The monoisotopic (exact) mass is 270 g/mol. The van der Waals surface area contributed by atoms with E-state index in [0.29, 0.717) is 6.54 Å². The summed E-state index contributed by atoms with van der Waals surface area (Å²) in [5, 5.41) is 19.5. The van der Waals surface area contributed by atoms with Gasteiger partial charge in [0.15, 0.2) is 0 Å². The number of nitrogens with zero attached hydrogens (tertiary/aromatic N) is 2. The highest BCUT2D eigenvalue weighted by atomic mass is 19.1. The third-order valence-electron chi connectivity index (χ3n) is 2.35. The summed E-state index contributed by atoms with van der Waals surface area (Å²) in [6.45, 7) is 3.79. The predicted octanol–water partition coefficient (Wildman–Crippen LogP) is 2.28. The fourth-order valence-electron chi connectivity index (χ4n) is 1.71. The lowest BCUT2D eigenvalue weighted by atomic mass is 10.1. The van der Waals surface area contributed by atoms with Gasteiger partial charge in [-0.1, -0.05) is 13.8 Å². The molecule has 0 aromatic heterocycles. The van der Waals surface area contributed by atoms with Crippen molar-refractivity contribution in [2.75, 3.05) is 18.0 Å². The van der Waals surface area contributed by atoms with Crippen LogP contribution in [0.5, 0.6) is 0 Å². The van der Waals surface area contributed by atoms with Gasteiger partial charge in [0, 0.05) is 18.3 Å². The smallest absolute Gasteiger partial charge is 0.323 e. The van der Waals surface area contributed by atoms with Gasteiger partial charge in [-0.15, -0.1) is 0 Å². The molecule has 0 atom stereocenters. The van der Waals surface area contributed by atoms with Crippen molar-refractivity contribution >= 4 is 17.3 Å². The number of carboxylic acid groups (broad SMARTS) is 1. The molecule has 6 nitrogen and oxygen atoms in total. The summed E-state index contributed by atoms with van der Waals surface area (Å²) in [5.41, 5.74) is -0.197. The number of halogens is 1. The molecule has 0 aliphatic rings. The van der Waals surface area contributed by atoms with E-state index in [1.807, 2.05) is 13.8 Å². The van der Waals surface area contributed by atoms with Gasteiger partial charge in [0.1, 0.15) is 12.4 Å². The summed E-state index contributed by atoms with van der Waals surface area (Å²) in [5.74, 6) is -1.70. The van der Waals surface area contributed by atoms with Crippen LogP contribution < -0.4 is 4.90 Å². The van der Waals surface area contributed by atoms with Gasteiger partial charge in [-0.05, 0) is 12.0 Å². The molecule has 0 unspecified atom stereocenters. The minimum absolute atomic E-state index is 0.140. The Morgan fingerprint density at radius 3 is 2.58 bits per heavy atom. The summed E-state index contributed by atoms with van der Waals surface area (Å²) >= 11 is 0. The number of aliphatic carboxylic acids is 1. The van der Waals surface area contributed by atoms with Gasteiger partial charge in [0.2, 0.25) is 0 Å². The molecule has 0 saturated carbocycles. The van der Waals surface area contributed by atoms with Gasteiger partial charge in [-0.2, -0.15) is 0 Å². The molecule has 1 N–H and O–H groups in total. The molecular weight excluding hydrogens is 255 g/mol. The highest BCUT2D eigenvalue weighted by Gasteiger charge is 2.17. The Morgan fingerprint density at radius 2 is 2.11 bits per heavy atom. The fourth-order valence-corrected chi connectivity index (χ4v) is 1.71. The van der Waals surface area contributed by atoms with E-state index < -0.39 is 22.4 Å². The number of anilines is 1. The summed E-state index contributed by atoms with van der Waals surface area (Å²) < 4.78 is 13.3. The minimum atomic E-state index is -1.08. The Labute approximate surface area is 109 Å². The molecule has 1 aromatic rings. The van der Waals surface area contributed by atoms with Gasteiger partial charge < -0.3 is 10.0 Å². The van der Waals surface area contributed by atoms with E-state index in [1.165, 1.54) is 11.0 Å². The number of nitro benzene ring substituents is 1. The van der Waals surface area contributed by atoms with Crippen LogP contribution in [-0.2, 0) is 4.79 Å². The van der Waals surface area contributed by atoms with Crippen LogP contribution in [0.1, 0.15) is 13.8 Å². The minimum Gasteiger partial charge on any atom is -0.480 e. The topological polar surface area (TPSA) is 83.7 Å². The van der Waals surface area contributed by atoms with Crippen LogP contribution in [0.3, 0.4) is 0 Å². The Kier molecular flexibility index (Phi) is 4.80. The maximum Gasteiger partial charge on any atom is 0.323 e. The third-order valence-corrected chi connectivity index (χ3v) is 2.35. The molecule has 7 heteroatoms. The summed E-state index contributed by atoms with van der Waals surface area (Å²) in [6, 6.07) is 3.07. The van der Waals surface area contributed by atoms with Crippen LogP contribution in [0.2, 0.25) is 0 Å². The van der Waals surface area contributed by atoms with Crippen LogP contribution >= 0.6 is 0 Å². The Balaban J connectivity index is 3.13. The first-order valence-corrected chi connectivity index (χ1v) is 5.71. The van der Waals surface area contributed by atoms with Crippen molar-refractivity contribution in [2.24, 2.45) is 5.92 Å². The number of benzene rings is 1. The van der Waals surface area contributed by atoms with E-state index in [0.717, 1.165) is 12.1 Å². The molecule has 0 aliphatic heterocycles. The molecule has 19 heavy (non-hydrogen) atoms. The maximum atomic E-state index is 13.3. The zero-order valence-electron chi connectivity index (χ0n) is 10.7. The number of carboxylic acids is 1. The number of carbonyl (C=O) groups is 1. The average Bonchev–Trinajstić information content (AvgIpc) is 2.25. The average molecular weight is 270 g/mol. The first-order chi connectivity index (χ1) is 8.79. The van der Waals surface area contributed by atoms with Gasteiger partial charge in [0.05, 0.1) is 11.0 Å². The van der Waals surface area contributed by atoms with Crippen LogP contribution in [0.25, 0.3) is 0 Å². The molecule has 0 fully saturated rings. The van der Waals surface area contributed by atoms with Crippen molar-refractivity contribution in [2.45, 2.75) is 13.8 Å². The number of hydrogen-bond acceptors (Lipinski definition) is 4. The molecule has 0 aliphatic carbocycles. The first kappa shape index (κ1) is 14.9. The van der Waals surface area contributed by atoms with Gasteiger partial charge in [-0.25, -0.2) is 4.39 Å². The molecular formula is C12H15FN2O4. The molecule has 104 valence electrons. The number of rotatable bonds is 6. The Bertz CT molecular complexity index is 491. The molecule has 0 heterocycles. The molecule has 0 amide bonds. The number of non-ortho nitro benzene ring substituents is 1. The van der Waals surface area contributed by atoms with Crippen LogP contribution in [0.15, 0.2) is 18.2 Å². The fraction of sp³-hybridized carbons (Fsp3) is 0.417. The van der Waals surface area contributed by atoms with Crippen molar-refractivity contribution in [1.29, 1.82) is 0 Å². The molecule has 0 bridgehead atoms. The van der Waals surface area contributed by atoms with Crippen LogP contribution in [0.4, 0.5) is 15.8 Å². The van der Waals surface area contributed by atoms with E-state index in [9.17, 15) is 19.3 Å². The Morgan fingerprint density at radius 1 is 1.47 bits per heavy atom. The highest BCUT2D eigenvalue weighted by molar-refractivity contribution is 5.74. The second-order valence-corrected chi connectivity index (χ2v) is 4.59. The van der Waals surface area contributed by atoms with E-state index in [1.54, 1.807) is 0 Å². The van der Waals surface area contributed by atoms with Gasteiger partial charge in [0.25, 0.3) is 5.69 Å². The van der Waals surface area contributed by atoms with Gasteiger partial charge in [-0.3, -0.25) is 14.9 Å². The van der Waals surface area contributed by atoms with Crippen molar-refractivity contribution in [3.8, 4) is 0 Å². The molecule has 0 radical (unpaired) electrons. The lowest BCUT2D eigenvalue weighted by Gasteiger charge is -2.24. The normalized spacial score (nSPS) is 10.5. The molecule has 0 saturated heterocycles. The van der Waals surface area contributed by atoms with Crippen molar-refractivity contribution < 1.29 is 19.2 Å². The SMILES string of the molecule is CC(C)CN(CC(=O)O)c1cc(F)cc([N+](=O)[O-])c1. The quantitative estimate of drug-likeness (QED) is 0.633. The van der Waals surface area contributed by atoms with E-state index >= 15 is 0 Å². The highest BCUT2D eigenvalue weighted by Crippen LogP contribution is 2.24. The van der Waals surface area contributed by atoms with E-state index in [-0.39, 0.29) is 18.2 Å². The van der Waals surface area contributed by atoms with Crippen molar-refractivity contribution in [1.82, 2.24) is 0 Å². The molecule has 1 rings (SSSR count). The largest absolute Gasteiger partial charge is 0.480 e. The zero-order valence-corrected chi connectivity index (χ0v) is 10.7.